The van der Waals surface area contributed by atoms with Crippen molar-refractivity contribution in [1.29, 1.82) is 0 Å². The Morgan fingerprint density at radius 1 is 1.10 bits per heavy atom. The van der Waals surface area contributed by atoms with Crippen molar-refractivity contribution >= 4 is 10.0 Å². The van der Waals surface area contributed by atoms with Crippen molar-refractivity contribution in [1.82, 2.24) is 9.29 Å². The molecule has 0 atom stereocenters. The van der Waals surface area contributed by atoms with Gasteiger partial charge in [-0.2, -0.15) is 4.31 Å². The monoisotopic (exact) mass is 304 g/mol. The summed E-state index contributed by atoms with van der Waals surface area (Å²) in [6.45, 7) is 4.62. The van der Waals surface area contributed by atoms with Gasteiger partial charge >= 0.3 is 0 Å². The van der Waals surface area contributed by atoms with E-state index in [4.69, 9.17) is 0 Å². The predicted octanol–water partition coefficient (Wildman–Crippen LogP) is 2.64. The number of nitrogens with zero attached hydrogens (tertiary/aromatic N) is 2. The molecule has 0 spiro atoms. The summed E-state index contributed by atoms with van der Waals surface area (Å²) in [5, 5.41) is 0. The van der Waals surface area contributed by atoms with Crippen LogP contribution in [0.4, 0.5) is 0 Å². The number of aromatic nitrogens is 1. The molecule has 0 fully saturated rings. The molecule has 0 saturated heterocycles. The van der Waals surface area contributed by atoms with Crippen molar-refractivity contribution in [2.45, 2.75) is 25.2 Å². The number of hydrogen-bond acceptors (Lipinski definition) is 3. The Balaban J connectivity index is 2.19. The molecule has 4 nitrogen and oxygen atoms in total. The van der Waals surface area contributed by atoms with E-state index < -0.39 is 10.0 Å². The zero-order valence-electron chi connectivity index (χ0n) is 12.4. The number of benzene rings is 1. The number of likely N-dealkylation sites (N-methyl/N-ethyl adjacent to an activating group) is 1. The second-order valence-corrected chi connectivity index (χ2v) is 6.77. The maximum atomic E-state index is 12.7. The lowest BCUT2D eigenvalue weighted by Crippen LogP contribution is -2.33. The molecule has 0 radical (unpaired) electrons. The van der Waals surface area contributed by atoms with E-state index in [0.717, 1.165) is 11.1 Å². The molecule has 0 aliphatic heterocycles. The van der Waals surface area contributed by atoms with Crippen molar-refractivity contribution in [3.63, 3.8) is 0 Å². The summed E-state index contributed by atoms with van der Waals surface area (Å²) in [5.41, 5.74) is 1.86. The lowest BCUT2D eigenvalue weighted by atomic mass is 10.2. The topological polar surface area (TPSA) is 50.3 Å². The SMILES string of the molecule is CCN(CCc1ccncc1)S(=O)(=O)c1ccccc1C. The van der Waals surface area contributed by atoms with Gasteiger partial charge in [0.05, 0.1) is 4.90 Å². The van der Waals surface area contributed by atoms with E-state index in [2.05, 4.69) is 4.98 Å². The van der Waals surface area contributed by atoms with Crippen LogP contribution in [0.15, 0.2) is 53.7 Å². The van der Waals surface area contributed by atoms with Crippen LogP contribution in [0.5, 0.6) is 0 Å². The van der Waals surface area contributed by atoms with Crippen LogP contribution in [0.25, 0.3) is 0 Å². The Labute approximate surface area is 126 Å². The minimum Gasteiger partial charge on any atom is -0.265 e. The van der Waals surface area contributed by atoms with Crippen LogP contribution in [0.1, 0.15) is 18.1 Å². The highest BCUT2D eigenvalue weighted by molar-refractivity contribution is 7.89. The second kappa shape index (κ2) is 6.83. The molecular formula is C16H20N2O2S. The fraction of sp³-hybridized carbons (Fsp3) is 0.312. The van der Waals surface area contributed by atoms with Crippen LogP contribution >= 0.6 is 0 Å². The van der Waals surface area contributed by atoms with E-state index in [1.165, 1.54) is 4.31 Å². The molecule has 0 unspecified atom stereocenters. The number of pyridine rings is 1. The van der Waals surface area contributed by atoms with E-state index in [0.29, 0.717) is 24.4 Å². The van der Waals surface area contributed by atoms with Crippen LogP contribution < -0.4 is 0 Å². The molecule has 21 heavy (non-hydrogen) atoms. The summed E-state index contributed by atoms with van der Waals surface area (Å²) in [6.07, 6.45) is 4.13. The van der Waals surface area contributed by atoms with Crippen molar-refractivity contribution < 1.29 is 8.42 Å². The summed E-state index contributed by atoms with van der Waals surface area (Å²) < 4.78 is 27.0. The van der Waals surface area contributed by atoms with Gasteiger partial charge in [0.1, 0.15) is 0 Å². The third-order valence-corrected chi connectivity index (χ3v) is 5.60. The number of rotatable bonds is 6. The fourth-order valence-corrected chi connectivity index (χ4v) is 3.91. The zero-order valence-corrected chi connectivity index (χ0v) is 13.2. The third-order valence-electron chi connectivity index (χ3n) is 3.46. The van der Waals surface area contributed by atoms with Gasteiger partial charge in [-0.05, 0) is 42.7 Å². The lowest BCUT2D eigenvalue weighted by Gasteiger charge is -2.21. The molecule has 0 amide bonds. The minimum absolute atomic E-state index is 0.390. The quantitative estimate of drug-likeness (QED) is 0.824. The lowest BCUT2D eigenvalue weighted by molar-refractivity contribution is 0.430. The smallest absolute Gasteiger partial charge is 0.243 e. The molecule has 0 N–H and O–H groups in total. The van der Waals surface area contributed by atoms with E-state index in [1.807, 2.05) is 38.1 Å². The van der Waals surface area contributed by atoms with Crippen molar-refractivity contribution in [3.8, 4) is 0 Å². The van der Waals surface area contributed by atoms with Gasteiger partial charge in [-0.15, -0.1) is 0 Å². The van der Waals surface area contributed by atoms with Gasteiger partial charge in [-0.1, -0.05) is 25.1 Å². The van der Waals surface area contributed by atoms with Crippen molar-refractivity contribution in [3.05, 3.63) is 59.9 Å². The zero-order chi connectivity index (χ0) is 15.3. The molecule has 1 aromatic carbocycles. The standard InChI is InChI=1S/C16H20N2O2S/c1-3-18(13-10-15-8-11-17-12-9-15)21(19,20)16-7-5-4-6-14(16)2/h4-9,11-12H,3,10,13H2,1-2H3. The third kappa shape index (κ3) is 3.68. The Bertz CT molecular complexity index is 684. The minimum atomic E-state index is -3.43. The van der Waals surface area contributed by atoms with Crippen LogP contribution in [0.2, 0.25) is 0 Å². The summed E-state index contributed by atoms with van der Waals surface area (Å²) in [5.74, 6) is 0. The van der Waals surface area contributed by atoms with Crippen LogP contribution in [-0.4, -0.2) is 30.8 Å². The first-order chi connectivity index (χ1) is 10.1. The molecule has 0 bridgehead atoms. The van der Waals surface area contributed by atoms with Crippen molar-refractivity contribution in [2.24, 2.45) is 0 Å². The number of sulfonamides is 1. The predicted molar refractivity (Wildman–Crippen MR) is 83.6 cm³/mol. The normalized spacial score (nSPS) is 11.8. The van der Waals surface area contributed by atoms with Gasteiger partial charge in [0, 0.05) is 25.5 Å². The summed E-state index contributed by atoms with van der Waals surface area (Å²) in [4.78, 5) is 4.36. The molecule has 2 rings (SSSR count). The summed E-state index contributed by atoms with van der Waals surface area (Å²) >= 11 is 0. The van der Waals surface area contributed by atoms with Gasteiger partial charge in [-0.3, -0.25) is 4.98 Å². The number of hydrogen-bond donors (Lipinski definition) is 0. The van der Waals surface area contributed by atoms with Crippen LogP contribution in [0, 0.1) is 6.92 Å². The first-order valence-electron chi connectivity index (χ1n) is 7.00. The van der Waals surface area contributed by atoms with Gasteiger partial charge < -0.3 is 0 Å². The first-order valence-corrected chi connectivity index (χ1v) is 8.44. The van der Waals surface area contributed by atoms with Crippen molar-refractivity contribution in [2.75, 3.05) is 13.1 Å². The van der Waals surface area contributed by atoms with Gasteiger partial charge in [0.25, 0.3) is 0 Å². The maximum Gasteiger partial charge on any atom is 0.243 e. The van der Waals surface area contributed by atoms with Crippen LogP contribution in [-0.2, 0) is 16.4 Å². The first kappa shape index (κ1) is 15.7. The highest BCUT2D eigenvalue weighted by atomic mass is 32.2. The molecular weight excluding hydrogens is 284 g/mol. The molecule has 1 aromatic heterocycles. The molecule has 0 aliphatic carbocycles. The highest BCUT2D eigenvalue weighted by Crippen LogP contribution is 2.19. The van der Waals surface area contributed by atoms with E-state index in [1.54, 1.807) is 24.5 Å². The largest absolute Gasteiger partial charge is 0.265 e. The summed E-state index contributed by atoms with van der Waals surface area (Å²) in [6, 6.07) is 10.9. The molecule has 0 saturated carbocycles. The molecule has 2 aromatic rings. The molecule has 1 heterocycles. The van der Waals surface area contributed by atoms with E-state index >= 15 is 0 Å². The fourth-order valence-electron chi connectivity index (χ4n) is 2.24. The van der Waals surface area contributed by atoms with Crippen LogP contribution in [0.3, 0.4) is 0 Å². The second-order valence-electron chi connectivity index (χ2n) is 4.87. The highest BCUT2D eigenvalue weighted by Gasteiger charge is 2.24. The van der Waals surface area contributed by atoms with Gasteiger partial charge in [0.15, 0.2) is 0 Å². The Morgan fingerprint density at radius 2 is 1.76 bits per heavy atom. The Kier molecular flexibility index (Phi) is 5.09. The number of aryl methyl sites for hydroxylation is 1. The Hall–Kier alpha value is -1.72. The average molecular weight is 304 g/mol. The maximum absolute atomic E-state index is 12.7. The van der Waals surface area contributed by atoms with Gasteiger partial charge in [-0.25, -0.2) is 8.42 Å². The van der Waals surface area contributed by atoms with E-state index in [-0.39, 0.29) is 0 Å². The summed E-state index contributed by atoms with van der Waals surface area (Å²) in [7, 11) is -3.43. The molecule has 112 valence electrons. The van der Waals surface area contributed by atoms with Gasteiger partial charge in [0.2, 0.25) is 10.0 Å². The van der Waals surface area contributed by atoms with E-state index in [9.17, 15) is 8.42 Å². The Morgan fingerprint density at radius 3 is 2.38 bits per heavy atom. The molecule has 0 aliphatic rings. The average Bonchev–Trinajstić information content (AvgIpc) is 2.49. The molecule has 5 heteroatoms.